The van der Waals surface area contributed by atoms with Crippen LogP contribution >= 0.6 is 23.1 Å². The predicted molar refractivity (Wildman–Crippen MR) is 103 cm³/mol. The van der Waals surface area contributed by atoms with Crippen molar-refractivity contribution < 1.29 is 9.32 Å². The van der Waals surface area contributed by atoms with Gasteiger partial charge in [0.2, 0.25) is 0 Å². The molecule has 0 aliphatic heterocycles. The number of rotatable bonds is 5. The summed E-state index contributed by atoms with van der Waals surface area (Å²) in [5, 5.41) is 6.89. The van der Waals surface area contributed by atoms with Crippen LogP contribution in [-0.4, -0.2) is 31.2 Å². The van der Waals surface area contributed by atoms with E-state index < -0.39 is 0 Å². The highest BCUT2D eigenvalue weighted by molar-refractivity contribution is 8.00. The molecule has 0 bridgehead atoms. The molecule has 0 aromatic carbocycles. The van der Waals surface area contributed by atoms with Gasteiger partial charge in [0, 0.05) is 23.0 Å². The topological polar surface area (TPSA) is 73.8 Å². The van der Waals surface area contributed by atoms with Crippen molar-refractivity contribution in [1.29, 1.82) is 0 Å². The molecule has 0 atom stereocenters. The number of fused-ring (bicyclic) bond motifs is 1. The zero-order valence-corrected chi connectivity index (χ0v) is 16.1. The molecular formula is C18H16N4O2S2. The molecule has 0 N–H and O–H groups in total. The molecule has 0 aliphatic rings. The van der Waals surface area contributed by atoms with Crippen molar-refractivity contribution >= 4 is 39.1 Å². The molecule has 4 heterocycles. The molecule has 0 saturated carbocycles. The average Bonchev–Trinajstić information content (AvgIpc) is 3.32. The van der Waals surface area contributed by atoms with Crippen LogP contribution in [0.5, 0.6) is 0 Å². The van der Waals surface area contributed by atoms with Gasteiger partial charge in [-0.2, -0.15) is 0 Å². The zero-order chi connectivity index (χ0) is 18.3. The maximum absolute atomic E-state index is 12.8. The second kappa shape index (κ2) is 6.69. The largest absolute Gasteiger partial charge is 0.360 e. The first-order valence-electron chi connectivity index (χ1n) is 8.01. The van der Waals surface area contributed by atoms with Crippen molar-refractivity contribution in [3.63, 3.8) is 0 Å². The third-order valence-electron chi connectivity index (χ3n) is 4.13. The van der Waals surface area contributed by atoms with Gasteiger partial charge in [-0.05, 0) is 38.3 Å². The van der Waals surface area contributed by atoms with Crippen LogP contribution in [0, 0.1) is 20.8 Å². The van der Waals surface area contributed by atoms with Crippen molar-refractivity contribution in [2.24, 2.45) is 0 Å². The second-order valence-electron chi connectivity index (χ2n) is 5.94. The molecule has 26 heavy (non-hydrogen) atoms. The van der Waals surface area contributed by atoms with Crippen LogP contribution in [0.15, 0.2) is 39.5 Å². The molecule has 0 radical (unpaired) electrons. The average molecular weight is 384 g/mol. The van der Waals surface area contributed by atoms with E-state index >= 15 is 0 Å². The molecule has 8 heteroatoms. The molecule has 4 aromatic heterocycles. The lowest BCUT2D eigenvalue weighted by Gasteiger charge is -2.05. The Bertz CT molecular complexity index is 1110. The van der Waals surface area contributed by atoms with Gasteiger partial charge >= 0.3 is 0 Å². The molecule has 0 fully saturated rings. The van der Waals surface area contributed by atoms with Gasteiger partial charge in [-0.1, -0.05) is 16.9 Å². The lowest BCUT2D eigenvalue weighted by Crippen LogP contribution is -2.06. The van der Waals surface area contributed by atoms with Crippen molar-refractivity contribution in [1.82, 2.24) is 19.7 Å². The van der Waals surface area contributed by atoms with E-state index in [1.165, 1.54) is 11.8 Å². The van der Waals surface area contributed by atoms with Crippen molar-refractivity contribution in [2.75, 3.05) is 5.75 Å². The summed E-state index contributed by atoms with van der Waals surface area (Å²) in [4.78, 5) is 21.4. The lowest BCUT2D eigenvalue weighted by molar-refractivity contribution is 0.102. The number of aromatic nitrogens is 4. The van der Waals surface area contributed by atoms with E-state index in [0.29, 0.717) is 17.1 Å². The number of hydrogen-bond donors (Lipinski definition) is 0. The van der Waals surface area contributed by atoms with Crippen LogP contribution in [0.25, 0.3) is 16.0 Å². The lowest BCUT2D eigenvalue weighted by atomic mass is 10.2. The Labute approximate surface area is 158 Å². The van der Waals surface area contributed by atoms with Crippen LogP contribution in [0.1, 0.15) is 27.5 Å². The normalized spacial score (nSPS) is 11.3. The van der Waals surface area contributed by atoms with E-state index in [0.717, 1.165) is 32.4 Å². The van der Waals surface area contributed by atoms with Gasteiger partial charge in [0.1, 0.15) is 17.1 Å². The van der Waals surface area contributed by atoms with Gasteiger partial charge in [-0.25, -0.2) is 9.97 Å². The maximum atomic E-state index is 12.8. The van der Waals surface area contributed by atoms with Crippen LogP contribution in [0.4, 0.5) is 0 Å². The van der Waals surface area contributed by atoms with Crippen molar-refractivity contribution in [2.45, 2.75) is 25.8 Å². The molecule has 132 valence electrons. The van der Waals surface area contributed by atoms with Crippen LogP contribution in [0.2, 0.25) is 0 Å². The Morgan fingerprint density at radius 2 is 2.12 bits per heavy atom. The number of carbonyl (C=O) groups excluding carboxylic acids is 1. The van der Waals surface area contributed by atoms with Crippen LogP contribution < -0.4 is 0 Å². The highest BCUT2D eigenvalue weighted by atomic mass is 32.2. The summed E-state index contributed by atoms with van der Waals surface area (Å²) in [5.41, 5.74) is 3.43. The molecule has 0 amide bonds. The fourth-order valence-electron chi connectivity index (χ4n) is 2.94. The molecule has 0 unspecified atom stereocenters. The number of nitrogens with zero attached hydrogens (tertiary/aromatic N) is 4. The number of thioether (sulfide) groups is 1. The monoisotopic (exact) mass is 384 g/mol. The van der Waals surface area contributed by atoms with Gasteiger partial charge in [0.15, 0.2) is 11.6 Å². The van der Waals surface area contributed by atoms with Crippen molar-refractivity contribution in [3.05, 3.63) is 52.6 Å². The first-order valence-corrected chi connectivity index (χ1v) is 9.88. The molecule has 0 aliphatic carbocycles. The highest BCUT2D eigenvalue weighted by Crippen LogP contribution is 2.30. The van der Waals surface area contributed by atoms with Gasteiger partial charge in [-0.3, -0.25) is 9.36 Å². The third-order valence-corrected chi connectivity index (χ3v) is 6.16. The minimum absolute atomic E-state index is 0.0675. The predicted octanol–water partition coefficient (Wildman–Crippen LogP) is 4.37. The molecule has 4 rings (SSSR count). The number of carbonyl (C=O) groups is 1. The number of thiophene rings is 1. The van der Waals surface area contributed by atoms with Gasteiger partial charge in [0.25, 0.3) is 0 Å². The number of Topliss-reactive ketones (excluding diaryl/α,β-unsaturated/α-hetero) is 1. The standard InChI is InChI=1S/C18H16N4O2S2/c1-10-6-13(12(3)22(10)16-7-11(2)24-21-16)15(23)8-26-18-17-14(4-5-25-17)19-9-20-18/h4-7,9H,8H2,1-3H3. The van der Waals surface area contributed by atoms with Gasteiger partial charge in [0.05, 0.1) is 16.0 Å². The first kappa shape index (κ1) is 17.0. The quantitative estimate of drug-likeness (QED) is 0.289. The third kappa shape index (κ3) is 2.95. The summed E-state index contributed by atoms with van der Waals surface area (Å²) in [6.07, 6.45) is 1.54. The Hall–Kier alpha value is -2.45. The van der Waals surface area contributed by atoms with E-state index in [1.54, 1.807) is 17.7 Å². The molecule has 0 saturated heterocycles. The minimum atomic E-state index is 0.0675. The Balaban J connectivity index is 1.58. The molecule has 6 nitrogen and oxygen atoms in total. The highest BCUT2D eigenvalue weighted by Gasteiger charge is 2.19. The summed E-state index contributed by atoms with van der Waals surface area (Å²) in [7, 11) is 0. The molecule has 4 aromatic rings. The fraction of sp³-hybridized carbons (Fsp3) is 0.222. The zero-order valence-electron chi connectivity index (χ0n) is 14.5. The maximum Gasteiger partial charge on any atom is 0.180 e. The molecule has 0 spiro atoms. The van der Waals surface area contributed by atoms with Gasteiger partial charge < -0.3 is 4.52 Å². The SMILES string of the molecule is Cc1cc(-n2c(C)cc(C(=O)CSc3ncnc4ccsc34)c2C)no1. The van der Waals surface area contributed by atoms with E-state index in [2.05, 4.69) is 15.1 Å². The van der Waals surface area contributed by atoms with Crippen LogP contribution in [-0.2, 0) is 0 Å². The number of aryl methyl sites for hydroxylation is 2. The van der Waals surface area contributed by atoms with Gasteiger partial charge in [-0.15, -0.1) is 11.3 Å². The van der Waals surface area contributed by atoms with E-state index in [1.807, 2.05) is 48.9 Å². The Morgan fingerprint density at radius 1 is 1.27 bits per heavy atom. The second-order valence-corrected chi connectivity index (χ2v) is 7.82. The van der Waals surface area contributed by atoms with E-state index in [4.69, 9.17) is 4.52 Å². The number of hydrogen-bond acceptors (Lipinski definition) is 7. The summed E-state index contributed by atoms with van der Waals surface area (Å²) >= 11 is 3.04. The Kier molecular flexibility index (Phi) is 4.37. The van der Waals surface area contributed by atoms with Crippen molar-refractivity contribution in [3.8, 4) is 5.82 Å². The smallest absolute Gasteiger partial charge is 0.180 e. The summed E-state index contributed by atoms with van der Waals surface area (Å²) < 4.78 is 8.13. The first-order chi connectivity index (χ1) is 12.5. The number of ketones is 1. The summed E-state index contributed by atoms with van der Waals surface area (Å²) in [6.45, 7) is 5.73. The Morgan fingerprint density at radius 3 is 2.88 bits per heavy atom. The van der Waals surface area contributed by atoms with E-state index in [9.17, 15) is 4.79 Å². The van der Waals surface area contributed by atoms with E-state index in [-0.39, 0.29) is 5.78 Å². The molecular weight excluding hydrogens is 368 g/mol. The minimum Gasteiger partial charge on any atom is -0.360 e. The summed E-state index contributed by atoms with van der Waals surface area (Å²) in [6, 6.07) is 5.72. The summed E-state index contributed by atoms with van der Waals surface area (Å²) in [5.74, 6) is 1.82. The van der Waals surface area contributed by atoms with Crippen LogP contribution in [0.3, 0.4) is 0 Å². The fourth-order valence-corrected chi connectivity index (χ4v) is 4.77.